The van der Waals surface area contributed by atoms with E-state index >= 15 is 0 Å². The molecule has 1 aromatic carbocycles. The minimum Gasteiger partial charge on any atom is -0.457 e. The first kappa shape index (κ1) is 11.6. The van der Waals surface area contributed by atoms with Crippen molar-refractivity contribution >= 4 is 21.7 Å². The first-order valence-electron chi connectivity index (χ1n) is 5.23. The van der Waals surface area contributed by atoms with Gasteiger partial charge in [0.25, 0.3) is 0 Å². The summed E-state index contributed by atoms with van der Waals surface area (Å²) >= 11 is 0. The third-order valence-electron chi connectivity index (χ3n) is 2.42. The Kier molecular flexibility index (Phi) is 3.97. The van der Waals surface area contributed by atoms with E-state index in [1.807, 2.05) is 31.2 Å². The Morgan fingerprint density at radius 1 is 1.31 bits per heavy atom. The lowest BCUT2D eigenvalue weighted by molar-refractivity contribution is 0.435. The van der Waals surface area contributed by atoms with Crippen LogP contribution < -0.4 is 4.74 Å². The van der Waals surface area contributed by atoms with Gasteiger partial charge in [-0.25, -0.2) is 0 Å². The predicted octanol–water partition coefficient (Wildman–Crippen LogP) is 4.85. The van der Waals surface area contributed by atoms with Crippen LogP contribution in [0.1, 0.15) is 18.4 Å². The van der Waals surface area contributed by atoms with E-state index in [4.69, 9.17) is 15.4 Å². The Labute approximate surface area is 105 Å². The summed E-state index contributed by atoms with van der Waals surface area (Å²) in [5.74, 6) is 1.83. The van der Waals surface area contributed by atoms with Crippen molar-refractivity contribution in [1.29, 1.82) is 0 Å². The summed E-state index contributed by atoms with van der Waals surface area (Å²) in [5.41, 5.74) is 1.10. The molecule has 0 amide bonds. The second-order valence-electron chi connectivity index (χ2n) is 3.69. The van der Waals surface area contributed by atoms with Gasteiger partial charge in [0.05, 0.1) is 0 Å². The third-order valence-corrected chi connectivity index (χ3v) is 3.39. The van der Waals surface area contributed by atoms with E-state index in [1.54, 1.807) is 0 Å². The fraction of sp³-hybridized carbons (Fsp3) is 0.231. The zero-order valence-electron chi connectivity index (χ0n) is 9.07. The standard InChI is InChI=1S/C13H13ClOS/c1-10-9-12(16-14)7-8-13(10)15-11-5-3-2-4-6-11/h3,5-9H,2,4H2,1H3. The van der Waals surface area contributed by atoms with Gasteiger partial charge in [0.15, 0.2) is 0 Å². The fourth-order valence-corrected chi connectivity index (χ4v) is 2.21. The largest absolute Gasteiger partial charge is 0.457 e. The lowest BCUT2D eigenvalue weighted by Gasteiger charge is -2.12. The first-order valence-corrected chi connectivity index (χ1v) is 6.87. The molecule has 1 nitrogen and oxygen atoms in total. The van der Waals surface area contributed by atoms with Gasteiger partial charge < -0.3 is 4.74 Å². The highest BCUT2D eigenvalue weighted by molar-refractivity contribution is 8.21. The van der Waals surface area contributed by atoms with Crippen molar-refractivity contribution in [2.24, 2.45) is 0 Å². The molecule has 0 unspecified atom stereocenters. The second-order valence-corrected chi connectivity index (χ2v) is 4.78. The van der Waals surface area contributed by atoms with Gasteiger partial charge in [-0.05, 0) is 77.3 Å². The molecule has 0 radical (unpaired) electrons. The van der Waals surface area contributed by atoms with Crippen LogP contribution in [0.4, 0.5) is 0 Å². The predicted molar refractivity (Wildman–Crippen MR) is 70.0 cm³/mol. The maximum Gasteiger partial charge on any atom is 0.130 e. The molecule has 2 rings (SSSR count). The maximum atomic E-state index is 5.81. The molecule has 84 valence electrons. The summed E-state index contributed by atoms with van der Waals surface area (Å²) in [4.78, 5) is 1.04. The molecule has 0 bridgehead atoms. The lowest BCUT2D eigenvalue weighted by atomic mass is 10.2. The number of ether oxygens (including phenoxy) is 1. The average molecular weight is 253 g/mol. The molecule has 3 heteroatoms. The number of allylic oxidation sites excluding steroid dienone is 3. The van der Waals surface area contributed by atoms with Crippen molar-refractivity contribution in [3.05, 3.63) is 47.7 Å². The summed E-state index contributed by atoms with van der Waals surface area (Å²) in [6.07, 6.45) is 8.43. The summed E-state index contributed by atoms with van der Waals surface area (Å²) < 4.78 is 5.81. The first-order chi connectivity index (χ1) is 7.79. The Hall–Kier alpha value is -0.860. The molecule has 16 heavy (non-hydrogen) atoms. The molecule has 0 saturated heterocycles. The van der Waals surface area contributed by atoms with Crippen LogP contribution in [0.25, 0.3) is 0 Å². The van der Waals surface area contributed by atoms with Gasteiger partial charge in [-0.1, -0.05) is 6.08 Å². The Morgan fingerprint density at radius 2 is 2.19 bits per heavy atom. The maximum absolute atomic E-state index is 5.81. The zero-order chi connectivity index (χ0) is 11.4. The number of rotatable bonds is 3. The molecule has 0 aromatic heterocycles. The number of benzene rings is 1. The van der Waals surface area contributed by atoms with Crippen LogP contribution in [0.15, 0.2) is 47.1 Å². The topological polar surface area (TPSA) is 9.23 Å². The number of aryl methyl sites for hydroxylation is 1. The van der Waals surface area contributed by atoms with E-state index in [2.05, 4.69) is 12.2 Å². The lowest BCUT2D eigenvalue weighted by Crippen LogP contribution is -1.96. The Balaban J connectivity index is 2.15. The normalized spacial score (nSPS) is 14.8. The smallest absolute Gasteiger partial charge is 0.130 e. The molecule has 1 aromatic rings. The van der Waals surface area contributed by atoms with Gasteiger partial charge >= 0.3 is 0 Å². The van der Waals surface area contributed by atoms with Crippen LogP contribution in [-0.4, -0.2) is 0 Å². The Bertz CT molecular complexity index is 438. The van der Waals surface area contributed by atoms with Gasteiger partial charge in [-0.2, -0.15) is 0 Å². The monoisotopic (exact) mass is 252 g/mol. The van der Waals surface area contributed by atoms with Gasteiger partial charge in [0.1, 0.15) is 11.5 Å². The van der Waals surface area contributed by atoms with Crippen molar-refractivity contribution in [2.45, 2.75) is 24.7 Å². The van der Waals surface area contributed by atoms with E-state index in [0.717, 1.165) is 34.8 Å². The SMILES string of the molecule is Cc1cc(SCl)ccc1OC1=CCCC=C1. The molecular formula is C13H13ClOS. The summed E-state index contributed by atoms with van der Waals surface area (Å²) in [6.45, 7) is 2.03. The minimum atomic E-state index is 0.896. The third kappa shape index (κ3) is 2.83. The van der Waals surface area contributed by atoms with Crippen molar-refractivity contribution in [3.8, 4) is 5.75 Å². The van der Waals surface area contributed by atoms with E-state index in [0.29, 0.717) is 0 Å². The molecule has 0 heterocycles. The molecule has 0 atom stereocenters. The quantitative estimate of drug-likeness (QED) is 0.760. The van der Waals surface area contributed by atoms with Crippen molar-refractivity contribution < 1.29 is 4.74 Å². The summed E-state index contributed by atoms with van der Waals surface area (Å²) in [6, 6.07) is 5.95. The van der Waals surface area contributed by atoms with Crippen LogP contribution >= 0.6 is 21.7 Å². The van der Waals surface area contributed by atoms with Crippen LogP contribution in [-0.2, 0) is 0 Å². The Morgan fingerprint density at radius 3 is 2.81 bits per heavy atom. The van der Waals surface area contributed by atoms with Crippen molar-refractivity contribution in [3.63, 3.8) is 0 Å². The van der Waals surface area contributed by atoms with E-state index in [1.165, 1.54) is 11.0 Å². The van der Waals surface area contributed by atoms with E-state index in [-0.39, 0.29) is 0 Å². The molecule has 0 N–H and O–H groups in total. The minimum absolute atomic E-state index is 0.896. The van der Waals surface area contributed by atoms with E-state index in [9.17, 15) is 0 Å². The highest BCUT2D eigenvalue weighted by Gasteiger charge is 2.04. The molecule has 1 aliphatic rings. The second kappa shape index (κ2) is 5.46. The van der Waals surface area contributed by atoms with Gasteiger partial charge in [0.2, 0.25) is 0 Å². The van der Waals surface area contributed by atoms with Crippen LogP contribution in [0.5, 0.6) is 5.75 Å². The van der Waals surface area contributed by atoms with E-state index < -0.39 is 0 Å². The molecule has 1 aliphatic carbocycles. The number of hydrogen-bond donors (Lipinski definition) is 0. The average Bonchev–Trinajstić information content (AvgIpc) is 2.33. The highest BCUT2D eigenvalue weighted by Crippen LogP contribution is 2.29. The van der Waals surface area contributed by atoms with Crippen molar-refractivity contribution in [1.82, 2.24) is 0 Å². The van der Waals surface area contributed by atoms with Gasteiger partial charge in [0, 0.05) is 4.90 Å². The van der Waals surface area contributed by atoms with Gasteiger partial charge in [-0.3, -0.25) is 0 Å². The summed E-state index contributed by atoms with van der Waals surface area (Å²) in [5, 5.41) is 0. The van der Waals surface area contributed by atoms with Crippen molar-refractivity contribution in [2.75, 3.05) is 0 Å². The molecule has 0 spiro atoms. The molecule has 0 saturated carbocycles. The molecular weight excluding hydrogens is 240 g/mol. The van der Waals surface area contributed by atoms with Gasteiger partial charge in [-0.15, -0.1) is 0 Å². The highest BCUT2D eigenvalue weighted by atomic mass is 35.7. The summed E-state index contributed by atoms with van der Waals surface area (Å²) in [7, 11) is 6.92. The zero-order valence-corrected chi connectivity index (χ0v) is 10.6. The number of halogens is 1. The fourth-order valence-electron chi connectivity index (χ4n) is 1.58. The number of hydrogen-bond acceptors (Lipinski definition) is 2. The van der Waals surface area contributed by atoms with Crippen LogP contribution in [0, 0.1) is 6.92 Å². The molecule has 0 aliphatic heterocycles. The van der Waals surface area contributed by atoms with Crippen LogP contribution in [0.2, 0.25) is 0 Å². The van der Waals surface area contributed by atoms with Crippen LogP contribution in [0.3, 0.4) is 0 Å². The molecule has 0 fully saturated rings.